The molecule has 0 amide bonds. The highest BCUT2D eigenvalue weighted by Crippen LogP contribution is 2.36. The van der Waals surface area contributed by atoms with Crippen LogP contribution in [0.2, 0.25) is 0 Å². The largest absolute Gasteiger partial charge is 0.488 e. The van der Waals surface area contributed by atoms with Crippen LogP contribution < -0.4 is 10.4 Å². The van der Waals surface area contributed by atoms with Crippen LogP contribution in [0.3, 0.4) is 0 Å². The van der Waals surface area contributed by atoms with Gasteiger partial charge in [0, 0.05) is 17.1 Å². The highest BCUT2D eigenvalue weighted by molar-refractivity contribution is 6.59. The molecule has 5 aromatic rings. The molecule has 0 radical (unpaired) electrons. The van der Waals surface area contributed by atoms with Gasteiger partial charge in [0.15, 0.2) is 0 Å². The normalized spacial score (nSPS) is 10.8. The van der Waals surface area contributed by atoms with Crippen LogP contribution in [-0.4, -0.2) is 17.2 Å². The van der Waals surface area contributed by atoms with Gasteiger partial charge in [0.05, 0.1) is 0 Å². The number of rotatable bonds is 5. The Hall–Kier alpha value is -3.86. The molecule has 0 saturated heterocycles. The van der Waals surface area contributed by atoms with Crippen LogP contribution >= 0.6 is 0 Å². The molecule has 2 N–H and O–H groups in total. The average molecular weight is 415 g/mol. The number of benzene rings is 5. The minimum Gasteiger partial charge on any atom is -0.423 e. The van der Waals surface area contributed by atoms with Crippen LogP contribution in [0, 0.1) is 0 Å². The van der Waals surface area contributed by atoms with E-state index in [9.17, 15) is 10.0 Å². The molecule has 3 nitrogen and oxygen atoms in total. The second-order valence-electron chi connectivity index (χ2n) is 7.72. The van der Waals surface area contributed by atoms with Gasteiger partial charge < -0.3 is 14.9 Å². The molecular formula is C28H22BNO2. The molecule has 0 spiro atoms. The summed E-state index contributed by atoms with van der Waals surface area (Å²) in [5.41, 5.74) is 5.70. The molecule has 0 fully saturated rings. The van der Waals surface area contributed by atoms with Gasteiger partial charge in [-0.1, -0.05) is 84.9 Å². The van der Waals surface area contributed by atoms with Gasteiger partial charge >= 0.3 is 7.12 Å². The lowest BCUT2D eigenvalue weighted by molar-refractivity contribution is 0.426. The average Bonchev–Trinajstić information content (AvgIpc) is 2.85. The smallest absolute Gasteiger partial charge is 0.423 e. The fraction of sp³-hybridized carbons (Fsp3) is 0. The molecule has 154 valence electrons. The molecule has 0 aliphatic heterocycles. The van der Waals surface area contributed by atoms with Crippen molar-refractivity contribution in [1.82, 2.24) is 0 Å². The summed E-state index contributed by atoms with van der Waals surface area (Å²) < 4.78 is 0. The Morgan fingerprint density at radius 1 is 0.531 bits per heavy atom. The van der Waals surface area contributed by atoms with Gasteiger partial charge in [-0.15, -0.1) is 0 Å². The Kier molecular flexibility index (Phi) is 5.47. The second-order valence-corrected chi connectivity index (χ2v) is 7.72. The lowest BCUT2D eigenvalue weighted by Gasteiger charge is -2.25. The lowest BCUT2D eigenvalue weighted by atomic mass is 9.77. The number of anilines is 3. The summed E-state index contributed by atoms with van der Waals surface area (Å²) in [5, 5.41) is 21.6. The maximum atomic E-state index is 9.77. The number of para-hydroxylation sites is 2. The first-order valence-electron chi connectivity index (χ1n) is 10.6. The SMILES string of the molecule is OB(O)c1cc(-c2ccc(N(c3ccccc3)c3ccccc3)cc2)c2ccccc2c1. The van der Waals surface area contributed by atoms with E-state index < -0.39 is 7.12 Å². The molecule has 0 bridgehead atoms. The van der Waals surface area contributed by atoms with E-state index in [2.05, 4.69) is 59.5 Å². The minimum absolute atomic E-state index is 0.484. The molecule has 0 saturated carbocycles. The Bertz CT molecular complexity index is 1300. The maximum Gasteiger partial charge on any atom is 0.488 e. The standard InChI is InChI=1S/C28H22BNO2/c31-29(32)23-19-22-9-7-8-14-27(22)28(20-23)21-15-17-26(18-16-21)30(24-10-3-1-4-11-24)25-12-5-2-6-13-25/h1-20,31-32H. The first kappa shape index (κ1) is 20.1. The molecule has 32 heavy (non-hydrogen) atoms. The van der Waals surface area contributed by atoms with E-state index in [0.29, 0.717) is 5.46 Å². The molecule has 4 heteroatoms. The van der Waals surface area contributed by atoms with Gasteiger partial charge in [0.2, 0.25) is 0 Å². The highest BCUT2D eigenvalue weighted by atomic mass is 16.4. The molecular weight excluding hydrogens is 393 g/mol. The quantitative estimate of drug-likeness (QED) is 0.364. The van der Waals surface area contributed by atoms with Crippen molar-refractivity contribution in [3.8, 4) is 11.1 Å². The second kappa shape index (κ2) is 8.71. The Morgan fingerprint density at radius 3 is 1.66 bits per heavy atom. The van der Waals surface area contributed by atoms with Crippen molar-refractivity contribution < 1.29 is 10.0 Å². The molecule has 0 aliphatic rings. The predicted octanol–water partition coefficient (Wildman–Crippen LogP) is 5.66. The first-order valence-corrected chi connectivity index (χ1v) is 10.6. The van der Waals surface area contributed by atoms with Gasteiger partial charge in [-0.05, 0) is 63.8 Å². The zero-order chi connectivity index (χ0) is 21.9. The van der Waals surface area contributed by atoms with E-state index in [1.165, 1.54) is 0 Å². The third-order valence-corrected chi connectivity index (χ3v) is 5.65. The minimum atomic E-state index is -1.51. The van der Waals surface area contributed by atoms with Crippen LogP contribution in [-0.2, 0) is 0 Å². The van der Waals surface area contributed by atoms with Crippen LogP contribution in [0.5, 0.6) is 0 Å². The molecule has 0 heterocycles. The Labute approximate surface area is 188 Å². The summed E-state index contributed by atoms with van der Waals surface area (Å²) in [7, 11) is -1.51. The van der Waals surface area contributed by atoms with Crippen molar-refractivity contribution >= 4 is 40.4 Å². The number of hydrogen-bond acceptors (Lipinski definition) is 3. The van der Waals surface area contributed by atoms with Gasteiger partial charge in [0.1, 0.15) is 0 Å². The van der Waals surface area contributed by atoms with Gasteiger partial charge in [-0.2, -0.15) is 0 Å². The zero-order valence-electron chi connectivity index (χ0n) is 17.5. The highest BCUT2D eigenvalue weighted by Gasteiger charge is 2.16. The zero-order valence-corrected chi connectivity index (χ0v) is 17.5. The molecule has 5 aromatic carbocycles. The lowest BCUT2D eigenvalue weighted by Crippen LogP contribution is -2.29. The summed E-state index contributed by atoms with van der Waals surface area (Å²) >= 11 is 0. The van der Waals surface area contributed by atoms with E-state index in [0.717, 1.165) is 39.0 Å². The van der Waals surface area contributed by atoms with Crippen molar-refractivity contribution in [2.24, 2.45) is 0 Å². The van der Waals surface area contributed by atoms with E-state index in [1.54, 1.807) is 0 Å². The summed E-state index contributed by atoms with van der Waals surface area (Å²) in [6.45, 7) is 0. The topological polar surface area (TPSA) is 43.7 Å². The van der Waals surface area contributed by atoms with Crippen LogP contribution in [0.4, 0.5) is 17.1 Å². The summed E-state index contributed by atoms with van der Waals surface area (Å²) in [4.78, 5) is 2.22. The van der Waals surface area contributed by atoms with Gasteiger partial charge in [-0.25, -0.2) is 0 Å². The van der Waals surface area contributed by atoms with Crippen molar-refractivity contribution in [2.45, 2.75) is 0 Å². The third kappa shape index (κ3) is 3.90. The van der Waals surface area contributed by atoms with Crippen LogP contribution in [0.25, 0.3) is 21.9 Å². The molecule has 0 aromatic heterocycles. The van der Waals surface area contributed by atoms with Crippen LogP contribution in [0.15, 0.2) is 121 Å². The van der Waals surface area contributed by atoms with E-state index in [-0.39, 0.29) is 0 Å². The van der Waals surface area contributed by atoms with Gasteiger partial charge in [-0.3, -0.25) is 0 Å². The molecule has 0 atom stereocenters. The number of nitrogens with zero attached hydrogens (tertiary/aromatic N) is 1. The van der Waals surface area contributed by atoms with Crippen LogP contribution in [0.1, 0.15) is 0 Å². The van der Waals surface area contributed by atoms with Crippen molar-refractivity contribution in [2.75, 3.05) is 4.90 Å². The van der Waals surface area contributed by atoms with Gasteiger partial charge in [0.25, 0.3) is 0 Å². The predicted molar refractivity (Wildman–Crippen MR) is 134 cm³/mol. The number of hydrogen-bond donors (Lipinski definition) is 2. The van der Waals surface area contributed by atoms with Crippen molar-refractivity contribution in [3.05, 3.63) is 121 Å². The maximum absolute atomic E-state index is 9.77. The van der Waals surface area contributed by atoms with E-state index in [4.69, 9.17) is 0 Å². The van der Waals surface area contributed by atoms with E-state index in [1.807, 2.05) is 66.7 Å². The van der Waals surface area contributed by atoms with E-state index >= 15 is 0 Å². The summed E-state index contributed by atoms with van der Waals surface area (Å²) in [6.07, 6.45) is 0. The third-order valence-electron chi connectivity index (χ3n) is 5.65. The monoisotopic (exact) mass is 415 g/mol. The Balaban J connectivity index is 1.61. The van der Waals surface area contributed by atoms with Crippen molar-refractivity contribution in [1.29, 1.82) is 0 Å². The molecule has 0 aliphatic carbocycles. The summed E-state index contributed by atoms with van der Waals surface area (Å²) in [6, 6.07) is 40.7. The number of fused-ring (bicyclic) bond motifs is 1. The Morgan fingerprint density at radius 2 is 1.06 bits per heavy atom. The first-order chi connectivity index (χ1) is 15.7. The molecule has 0 unspecified atom stereocenters. The molecule has 5 rings (SSSR count). The fourth-order valence-corrected chi connectivity index (χ4v) is 4.11. The summed E-state index contributed by atoms with van der Waals surface area (Å²) in [5.74, 6) is 0. The fourth-order valence-electron chi connectivity index (χ4n) is 4.11. The van der Waals surface area contributed by atoms with Crippen molar-refractivity contribution in [3.63, 3.8) is 0 Å².